The van der Waals surface area contributed by atoms with Crippen LogP contribution in [0.5, 0.6) is 0 Å². The second-order valence-electron chi connectivity index (χ2n) is 32.0. The number of carbonyl (C=O) groups is 7. The summed E-state index contributed by atoms with van der Waals surface area (Å²) in [6, 6.07) is -2.58. The number of hydrogen-bond acceptors (Lipinski definition) is 23. The number of rotatable bonds is 8. The molecule has 0 aromatic rings. The Morgan fingerprint density at radius 3 is 1.15 bits per heavy atom. The summed E-state index contributed by atoms with van der Waals surface area (Å²) in [4.78, 5) is 94.8. The predicted octanol–water partition coefficient (Wildman–Crippen LogP) is 9.48. The van der Waals surface area contributed by atoms with E-state index in [2.05, 4.69) is 34.4 Å². The Morgan fingerprint density at radius 2 is 0.830 bits per heavy atom. The van der Waals surface area contributed by atoms with Gasteiger partial charge in [0.05, 0.1) is 74.1 Å². The maximum absolute atomic E-state index is 13.2. The van der Waals surface area contributed by atoms with Gasteiger partial charge in [0.1, 0.15) is 53.4 Å². The molecule has 0 aromatic carbocycles. The third-order valence-electron chi connectivity index (χ3n) is 19.4. The van der Waals surface area contributed by atoms with Gasteiger partial charge >= 0.3 is 18.3 Å². The highest BCUT2D eigenvalue weighted by Crippen LogP contribution is 2.49. The van der Waals surface area contributed by atoms with Crippen LogP contribution in [0.4, 0.5) is 14.4 Å². The molecule has 11 rings (SSSR count). The Hall–Kier alpha value is -6.61. The van der Waals surface area contributed by atoms with Gasteiger partial charge in [-0.15, -0.1) is 25.3 Å². The first-order chi connectivity index (χ1) is 47.6. The number of aliphatic hydroxyl groups excluding tert-OH is 3. The molecule has 590 valence electrons. The molecule has 0 bridgehead atoms. The van der Waals surface area contributed by atoms with Gasteiger partial charge in [0.15, 0.2) is 40.5 Å². The van der Waals surface area contributed by atoms with Gasteiger partial charge in [0, 0.05) is 78.2 Å². The first kappa shape index (κ1) is 90.0. The van der Waals surface area contributed by atoms with E-state index in [0.29, 0.717) is 81.9 Å². The molecule has 11 aliphatic rings. The van der Waals surface area contributed by atoms with Gasteiger partial charge < -0.3 is 80.9 Å². The number of ketones is 4. The number of halogens is 2. The van der Waals surface area contributed by atoms with Crippen LogP contribution in [-0.2, 0) is 61.8 Å². The number of allylic oxidation sites excluding steroid dienone is 12. The van der Waals surface area contributed by atoms with Gasteiger partial charge in [-0.1, -0.05) is 53.5 Å². The lowest BCUT2D eigenvalue weighted by Crippen LogP contribution is -2.50. The monoisotopic (exact) mass is 1620 g/mol. The molecule has 0 aromatic heterocycles. The van der Waals surface area contributed by atoms with Gasteiger partial charge in [-0.25, -0.2) is 14.4 Å². The lowest BCUT2D eigenvalue weighted by Gasteiger charge is -2.36. The lowest BCUT2D eigenvalue weighted by molar-refractivity contribution is -0.165. The maximum Gasteiger partial charge on any atom is 0.411 e. The van der Waals surface area contributed by atoms with E-state index in [4.69, 9.17) is 83.5 Å². The van der Waals surface area contributed by atoms with E-state index in [1.54, 1.807) is 59.8 Å². The van der Waals surface area contributed by atoms with Crippen LogP contribution in [0, 0.1) is 36.5 Å². The quantitative estimate of drug-likeness (QED) is 0.0675. The van der Waals surface area contributed by atoms with Crippen LogP contribution < -0.4 is 22.9 Å². The molecule has 3 amide bonds. The first-order valence-electron chi connectivity index (χ1n) is 35.2. The summed E-state index contributed by atoms with van der Waals surface area (Å²) in [5.74, 6) is 1.09. The van der Waals surface area contributed by atoms with E-state index in [1.807, 2.05) is 104 Å². The summed E-state index contributed by atoms with van der Waals surface area (Å²) in [6.45, 7) is 33.1. The summed E-state index contributed by atoms with van der Waals surface area (Å²) in [7, 11) is 0. The molecule has 0 radical (unpaired) electrons. The minimum absolute atomic E-state index is 0. The highest BCUT2D eigenvalue weighted by molar-refractivity contribution is 14.1. The highest BCUT2D eigenvalue weighted by atomic mass is 127. The fourth-order valence-corrected chi connectivity index (χ4v) is 15.8. The number of carbonyl (C=O) groups excluding carboxylic acids is 7. The fraction of sp³-hybridized carbons (Fsp3) is 0.654. The van der Waals surface area contributed by atoms with Crippen molar-refractivity contribution in [2.45, 2.75) is 310 Å². The van der Waals surface area contributed by atoms with Crippen molar-refractivity contribution in [1.29, 1.82) is 0 Å². The zero-order valence-electron chi connectivity index (χ0n) is 63.0. The maximum atomic E-state index is 13.2. The van der Waals surface area contributed by atoms with E-state index in [1.165, 1.54) is 6.08 Å². The zero-order valence-corrected chi connectivity index (χ0v) is 65.9. The summed E-state index contributed by atoms with van der Waals surface area (Å²) in [5.41, 5.74) is 25.9. The van der Waals surface area contributed by atoms with Crippen molar-refractivity contribution in [3.63, 3.8) is 0 Å². The zero-order chi connectivity index (χ0) is 77.0. The molecular formula is C78H115ClIN7O19. The van der Waals surface area contributed by atoms with Crippen molar-refractivity contribution in [2.75, 3.05) is 6.61 Å². The van der Waals surface area contributed by atoms with Crippen LogP contribution in [0.15, 0.2) is 90.2 Å². The van der Waals surface area contributed by atoms with Gasteiger partial charge in [-0.2, -0.15) is 0 Å². The molecule has 1 saturated carbocycles. The molecule has 6 heterocycles. The number of terminal acetylenes is 2. The number of likely N-dealkylation sites (tertiary alicyclic amines) is 3. The molecule has 0 spiro atoms. The number of aliphatic hydroxyl groups is 3. The van der Waals surface area contributed by atoms with Crippen molar-refractivity contribution in [1.82, 2.24) is 14.7 Å². The van der Waals surface area contributed by atoms with Crippen molar-refractivity contribution < 1.29 is 91.5 Å². The van der Waals surface area contributed by atoms with E-state index in [9.17, 15) is 43.8 Å². The normalized spacial score (nSPS) is 31.8. The van der Waals surface area contributed by atoms with Crippen LogP contribution in [-0.4, -0.2) is 197 Å². The second-order valence-corrected chi connectivity index (χ2v) is 33.1. The van der Waals surface area contributed by atoms with E-state index < -0.39 is 113 Å². The SMILES string of the molecule is C.C.C#CC1=C(N)CC(=O)C(C2C[C@H](CO)[C@@H](O)[C@H]2O)=C1.C#CC1=C(N)CC(=O)C(C2[C@@H]3OC(C)(C)O[C@@H]3[C@@H](CC)N2C(=O)OC(C)(C)C)=C1.CC[C@@H]1[C@H]2OC(C)(C)O[C@H]2C(C2=CC(I)=C(N)CC2=O)N1C(=O)OC(C)(C)C.CC[C@@H]1[C@H]2OC(C)(C)O[C@H]2C(C2=CC=C(N)CC2=O)N1C(=O)OC(C)(C)C.Cl. The predicted molar refractivity (Wildman–Crippen MR) is 409 cm³/mol. The Bertz CT molecular complexity index is 3740. The Morgan fingerprint density at radius 1 is 0.519 bits per heavy atom. The number of Topliss-reactive ketones (excluding diaryl/α,β-unsaturated/α-hetero) is 4. The van der Waals surface area contributed by atoms with Gasteiger partial charge in [-0.3, -0.25) is 33.9 Å². The smallest absolute Gasteiger partial charge is 0.411 e. The lowest BCUT2D eigenvalue weighted by atomic mass is 9.84. The highest BCUT2D eigenvalue weighted by Gasteiger charge is 2.64. The molecule has 16 atom stereocenters. The third kappa shape index (κ3) is 19.5. The molecule has 28 heteroatoms. The molecule has 6 aliphatic heterocycles. The molecular weight excluding hydrogens is 1500 g/mol. The average Bonchev–Trinajstić information content (AvgIpc) is 1.58. The molecule has 4 unspecified atom stereocenters. The van der Waals surface area contributed by atoms with Crippen LogP contribution in [0.3, 0.4) is 0 Å². The van der Waals surface area contributed by atoms with Gasteiger partial charge in [-0.05, 0) is 176 Å². The summed E-state index contributed by atoms with van der Waals surface area (Å²) in [6.07, 6.45) is 15.9. The topological polar surface area (TPSA) is 377 Å². The van der Waals surface area contributed by atoms with Crippen molar-refractivity contribution in [3.05, 3.63) is 90.2 Å². The average molecular weight is 1620 g/mol. The van der Waals surface area contributed by atoms with Crippen molar-refractivity contribution in [3.8, 4) is 24.7 Å². The number of nitrogens with two attached hydrogens (primary N) is 4. The van der Waals surface area contributed by atoms with Crippen LogP contribution in [0.2, 0.25) is 0 Å². The standard InChI is InChI=1S/C22H30N2O5.C20H29IN2O5.C20H30N2O5.C14H17NO4.2CH4.ClH/c1-8-12-10-13(16(25)11-14(12)23)17-19-18(27-22(6,7)28-19)15(9-2)24(17)20(26)29-21(3,4)5;1-7-13-16-17(27-20(5,6)26-16)15(23(13)18(25)28-19(2,3)4)10-8-11(21)12(22)9-14(10)24;1-7-13-16-17(26-20(5,6)25-16)15(12-9-8-11(21)10-14(12)23)22(13)18(24)27-19(2,3)4;1-2-7-3-9(12(17)5-11(7)15)10-4-8(6-16)13(18)14(10)19;;;/h1,10,15,17-19H,9,11,23H2,2-7H3;8,13,15-17H,7,9,22H2,1-6H3;8-9,13,15-17H,7,10,21H2,1-6H3;1,3,8,10,13-14,16,18-19H,4-6,15H2;2*1H4;1H/t15-,17?,18-,19+;2*13-,15?,16-,17+;8-,10?,13-,14+;;;/m1111.../s1. The number of ether oxygens (including phenoxy) is 9. The summed E-state index contributed by atoms with van der Waals surface area (Å²) in [5, 5.41) is 28.9. The molecule has 7 fully saturated rings. The molecule has 5 aliphatic carbocycles. The first-order valence-corrected chi connectivity index (χ1v) is 36.3. The Balaban J connectivity index is 0.000000254. The minimum Gasteiger partial charge on any atom is -0.444 e. The largest absolute Gasteiger partial charge is 0.444 e. The van der Waals surface area contributed by atoms with Crippen LogP contribution >= 0.6 is 35.0 Å². The second kappa shape index (κ2) is 34.1. The molecule has 106 heavy (non-hydrogen) atoms. The Kier molecular flexibility index (Phi) is 29.0. The number of fused-ring (bicyclic) bond motifs is 3. The van der Waals surface area contributed by atoms with E-state index in [-0.39, 0.29) is 119 Å². The van der Waals surface area contributed by atoms with Crippen molar-refractivity contribution >= 4 is 76.4 Å². The number of amides is 3. The summed E-state index contributed by atoms with van der Waals surface area (Å²) < 4.78 is 54.7. The number of nitrogens with zero attached hydrogens (tertiary/aromatic N) is 3. The third-order valence-corrected chi connectivity index (χ3v) is 20.4. The van der Waals surface area contributed by atoms with Crippen LogP contribution in [0.25, 0.3) is 0 Å². The number of hydrogen-bond donors (Lipinski definition) is 7. The fourth-order valence-electron chi connectivity index (χ4n) is 15.3. The molecule has 26 nitrogen and oxygen atoms in total. The van der Waals surface area contributed by atoms with Gasteiger partial charge in [0.2, 0.25) is 0 Å². The van der Waals surface area contributed by atoms with Crippen LogP contribution in [0.1, 0.15) is 191 Å². The van der Waals surface area contributed by atoms with Gasteiger partial charge in [0.25, 0.3) is 0 Å². The minimum atomic E-state index is -1.06. The van der Waals surface area contributed by atoms with E-state index >= 15 is 0 Å². The molecule has 11 N–H and O–H groups in total. The van der Waals surface area contributed by atoms with E-state index in [0.717, 1.165) is 3.58 Å². The summed E-state index contributed by atoms with van der Waals surface area (Å²) >= 11 is 2.12. The Labute approximate surface area is 645 Å². The van der Waals surface area contributed by atoms with Crippen molar-refractivity contribution in [2.24, 2.45) is 34.8 Å². The molecule has 6 saturated heterocycles.